The van der Waals surface area contributed by atoms with Crippen LogP contribution in [0.25, 0.3) is 11.5 Å². The van der Waals surface area contributed by atoms with E-state index < -0.39 is 0 Å². The van der Waals surface area contributed by atoms with Gasteiger partial charge in [-0.15, -0.1) is 0 Å². The third-order valence-electron chi connectivity index (χ3n) is 1.92. The number of aryl methyl sites for hydroxylation is 1. The van der Waals surface area contributed by atoms with Crippen LogP contribution in [0, 0.1) is 11.3 Å². The summed E-state index contributed by atoms with van der Waals surface area (Å²) in [5, 5.41) is 18.9. The summed E-state index contributed by atoms with van der Waals surface area (Å²) >= 11 is 0. The lowest BCUT2D eigenvalue weighted by Gasteiger charge is -1.86. The van der Waals surface area contributed by atoms with Gasteiger partial charge in [0.1, 0.15) is 11.8 Å². The zero-order chi connectivity index (χ0) is 10.7. The van der Waals surface area contributed by atoms with Crippen LogP contribution < -0.4 is 0 Å². The minimum Gasteiger partial charge on any atom is -0.334 e. The first-order valence-electron chi connectivity index (χ1n) is 4.61. The van der Waals surface area contributed by atoms with Gasteiger partial charge in [0, 0.05) is 6.42 Å². The summed E-state index contributed by atoms with van der Waals surface area (Å²) in [4.78, 5) is 4.16. The van der Waals surface area contributed by atoms with Gasteiger partial charge in [-0.1, -0.05) is 12.1 Å². The second kappa shape index (κ2) is 3.92. The summed E-state index contributed by atoms with van der Waals surface area (Å²) in [6.07, 6.45) is 3.22. The van der Waals surface area contributed by atoms with Crippen LogP contribution in [0.2, 0.25) is 0 Å². The smallest absolute Gasteiger partial charge is 0.262 e. The van der Waals surface area contributed by atoms with Crippen LogP contribution in [0.3, 0.4) is 0 Å². The molecule has 0 unspecified atom stereocenters. The van der Waals surface area contributed by atoms with Crippen molar-refractivity contribution in [2.75, 3.05) is 0 Å². The Kier molecular flexibility index (Phi) is 2.46. The second-order valence-corrected chi connectivity index (χ2v) is 3.04. The molecule has 0 saturated carbocycles. The second-order valence-electron chi connectivity index (χ2n) is 3.04. The van der Waals surface area contributed by atoms with Gasteiger partial charge < -0.3 is 4.52 Å². The van der Waals surface area contributed by atoms with Gasteiger partial charge in [-0.05, 0) is 6.42 Å². The van der Waals surface area contributed by atoms with Crippen LogP contribution in [0.1, 0.15) is 24.9 Å². The van der Waals surface area contributed by atoms with Crippen molar-refractivity contribution in [2.45, 2.75) is 19.8 Å². The number of nitrogens with one attached hydrogen (secondary N) is 1. The van der Waals surface area contributed by atoms with E-state index in [0.29, 0.717) is 23.0 Å². The van der Waals surface area contributed by atoms with E-state index in [1.54, 1.807) is 0 Å². The Morgan fingerprint density at radius 1 is 1.60 bits per heavy atom. The quantitative estimate of drug-likeness (QED) is 0.811. The zero-order valence-corrected chi connectivity index (χ0v) is 8.19. The Balaban J connectivity index is 2.34. The summed E-state index contributed by atoms with van der Waals surface area (Å²) in [7, 11) is 0. The molecule has 0 aliphatic carbocycles. The Morgan fingerprint density at radius 2 is 2.47 bits per heavy atom. The maximum absolute atomic E-state index is 8.77. The number of nitrogens with zero attached hydrogens (tertiary/aromatic N) is 4. The van der Waals surface area contributed by atoms with E-state index in [0.717, 1.165) is 12.8 Å². The molecule has 0 aromatic carbocycles. The van der Waals surface area contributed by atoms with E-state index in [2.05, 4.69) is 20.3 Å². The molecule has 0 amide bonds. The largest absolute Gasteiger partial charge is 0.334 e. The SMILES string of the molecule is CCCc1noc(-c2cn[nH]c2C#N)n1. The third kappa shape index (κ3) is 1.72. The average molecular weight is 203 g/mol. The number of H-pyrrole nitrogens is 1. The minimum atomic E-state index is 0.335. The lowest BCUT2D eigenvalue weighted by atomic mass is 10.2. The average Bonchev–Trinajstić information content (AvgIpc) is 2.84. The number of aromatic amines is 1. The van der Waals surface area contributed by atoms with Crippen LogP contribution in [0.5, 0.6) is 0 Å². The molecule has 0 aliphatic rings. The monoisotopic (exact) mass is 203 g/mol. The highest BCUT2D eigenvalue weighted by Crippen LogP contribution is 2.19. The van der Waals surface area contributed by atoms with Crippen LogP contribution in [-0.4, -0.2) is 20.3 Å². The molecule has 0 atom stereocenters. The summed E-state index contributed by atoms with van der Waals surface area (Å²) in [6, 6.07) is 1.97. The van der Waals surface area contributed by atoms with Crippen LogP contribution in [0.4, 0.5) is 0 Å². The number of nitriles is 1. The molecule has 0 bridgehead atoms. The lowest BCUT2D eigenvalue weighted by Crippen LogP contribution is -1.85. The molecule has 2 aromatic heterocycles. The highest BCUT2D eigenvalue weighted by molar-refractivity contribution is 5.58. The molecule has 2 rings (SSSR count). The first kappa shape index (κ1) is 9.40. The van der Waals surface area contributed by atoms with Gasteiger partial charge in [0.15, 0.2) is 5.82 Å². The molecule has 6 nitrogen and oxygen atoms in total. The molecule has 0 spiro atoms. The van der Waals surface area contributed by atoms with Crippen molar-refractivity contribution < 1.29 is 4.52 Å². The molecule has 76 valence electrons. The van der Waals surface area contributed by atoms with Crippen molar-refractivity contribution in [3.8, 4) is 17.5 Å². The Morgan fingerprint density at radius 3 is 3.20 bits per heavy atom. The van der Waals surface area contributed by atoms with Gasteiger partial charge in [0.25, 0.3) is 5.89 Å². The van der Waals surface area contributed by atoms with Gasteiger partial charge in [0.2, 0.25) is 0 Å². The van der Waals surface area contributed by atoms with E-state index in [1.807, 2.05) is 13.0 Å². The van der Waals surface area contributed by atoms with Crippen molar-refractivity contribution in [2.24, 2.45) is 0 Å². The fourth-order valence-electron chi connectivity index (χ4n) is 1.22. The molecule has 0 aliphatic heterocycles. The molecule has 6 heteroatoms. The van der Waals surface area contributed by atoms with Gasteiger partial charge in [-0.25, -0.2) is 0 Å². The van der Waals surface area contributed by atoms with Gasteiger partial charge in [-0.3, -0.25) is 5.10 Å². The maximum atomic E-state index is 8.77. The topological polar surface area (TPSA) is 91.4 Å². The van der Waals surface area contributed by atoms with E-state index in [9.17, 15) is 0 Å². The molecule has 0 saturated heterocycles. The normalized spacial score (nSPS) is 10.1. The van der Waals surface area contributed by atoms with Crippen molar-refractivity contribution in [1.82, 2.24) is 20.3 Å². The van der Waals surface area contributed by atoms with Crippen LogP contribution >= 0.6 is 0 Å². The Hall–Kier alpha value is -2.16. The first-order chi connectivity index (χ1) is 7.35. The zero-order valence-electron chi connectivity index (χ0n) is 8.19. The first-order valence-corrected chi connectivity index (χ1v) is 4.61. The van der Waals surface area contributed by atoms with Gasteiger partial charge in [-0.2, -0.15) is 15.3 Å². The van der Waals surface area contributed by atoms with Gasteiger partial charge in [0.05, 0.1) is 11.8 Å². The number of hydrogen-bond donors (Lipinski definition) is 1. The molecule has 0 radical (unpaired) electrons. The summed E-state index contributed by atoms with van der Waals surface area (Å²) in [6.45, 7) is 2.04. The molecular weight excluding hydrogens is 194 g/mol. The summed E-state index contributed by atoms with van der Waals surface area (Å²) in [5.41, 5.74) is 0.883. The molecule has 2 heterocycles. The van der Waals surface area contributed by atoms with Crippen molar-refractivity contribution >= 4 is 0 Å². The van der Waals surface area contributed by atoms with E-state index >= 15 is 0 Å². The van der Waals surface area contributed by atoms with Crippen molar-refractivity contribution in [3.05, 3.63) is 17.7 Å². The van der Waals surface area contributed by atoms with Crippen LogP contribution in [-0.2, 0) is 6.42 Å². The predicted octanol–water partition coefficient (Wildman–Crippen LogP) is 1.28. The third-order valence-corrected chi connectivity index (χ3v) is 1.92. The fraction of sp³-hybridized carbons (Fsp3) is 0.333. The number of rotatable bonds is 3. The molecule has 2 aromatic rings. The van der Waals surface area contributed by atoms with E-state index in [-0.39, 0.29) is 0 Å². The van der Waals surface area contributed by atoms with Gasteiger partial charge >= 0.3 is 0 Å². The van der Waals surface area contributed by atoms with E-state index in [4.69, 9.17) is 9.78 Å². The lowest BCUT2D eigenvalue weighted by molar-refractivity contribution is 0.422. The van der Waals surface area contributed by atoms with E-state index in [1.165, 1.54) is 6.20 Å². The van der Waals surface area contributed by atoms with Crippen molar-refractivity contribution in [3.63, 3.8) is 0 Å². The standard InChI is InChI=1S/C9H9N5O/c1-2-3-8-12-9(15-14-8)6-5-11-13-7(6)4-10/h5H,2-3H2,1H3,(H,11,13). The molecule has 1 N–H and O–H groups in total. The summed E-state index contributed by atoms with van der Waals surface area (Å²) < 4.78 is 5.03. The minimum absolute atomic E-state index is 0.335. The fourth-order valence-corrected chi connectivity index (χ4v) is 1.22. The Labute approximate surface area is 85.9 Å². The predicted molar refractivity (Wildman–Crippen MR) is 50.6 cm³/mol. The molecule has 0 fully saturated rings. The highest BCUT2D eigenvalue weighted by atomic mass is 16.5. The molecule has 15 heavy (non-hydrogen) atoms. The number of aromatic nitrogens is 4. The maximum Gasteiger partial charge on any atom is 0.262 e. The summed E-state index contributed by atoms with van der Waals surface area (Å²) in [5.74, 6) is 0.987. The Bertz CT molecular complexity index is 493. The highest BCUT2D eigenvalue weighted by Gasteiger charge is 2.14. The molecular formula is C9H9N5O. The number of hydrogen-bond acceptors (Lipinski definition) is 5. The van der Waals surface area contributed by atoms with Crippen molar-refractivity contribution in [1.29, 1.82) is 5.26 Å². The van der Waals surface area contributed by atoms with Crippen LogP contribution in [0.15, 0.2) is 10.7 Å².